The number of aliphatic carboxylic acids is 1. The Balaban J connectivity index is 1.45. The van der Waals surface area contributed by atoms with Crippen molar-refractivity contribution in [3.05, 3.63) is 149 Å². The number of esters is 1. The number of carboxylic acid groups (broad SMARTS) is 1. The number of carbonyl (C=O) groups is 3. The van der Waals surface area contributed by atoms with Gasteiger partial charge < -0.3 is 96.0 Å². The predicted molar refractivity (Wildman–Crippen MR) is 406 cm³/mol. The molecule has 32 heteroatoms. The number of para-hydroxylation sites is 1. The molecular formula is C75H94N12O20. The molecule has 0 saturated carbocycles. The van der Waals surface area contributed by atoms with E-state index in [4.69, 9.17) is 9.47 Å². The highest BCUT2D eigenvalue weighted by Gasteiger charge is 2.42. The first-order valence-electron chi connectivity index (χ1n) is 34.5. The average Bonchev–Trinajstić information content (AvgIpc) is 1.63. The number of rotatable bonds is 17. The number of aliphatic hydroxyl groups is 14. The summed E-state index contributed by atoms with van der Waals surface area (Å²) in [5.74, 6) is -17.0. The van der Waals surface area contributed by atoms with Gasteiger partial charge in [0.25, 0.3) is 5.91 Å². The predicted octanol–water partition coefficient (Wildman–Crippen LogP) is 8.50. The Kier molecular flexibility index (Phi) is 29.9. The van der Waals surface area contributed by atoms with Crippen LogP contribution in [0.3, 0.4) is 0 Å². The first kappa shape index (κ1) is 82.9. The van der Waals surface area contributed by atoms with Crippen LogP contribution in [-0.2, 0) is 25.5 Å². The van der Waals surface area contributed by atoms with E-state index in [1.165, 1.54) is 70.4 Å². The van der Waals surface area contributed by atoms with Crippen molar-refractivity contribution in [1.29, 1.82) is 0 Å². The molecule has 3 heterocycles. The van der Waals surface area contributed by atoms with Crippen molar-refractivity contribution in [3.8, 4) is 5.75 Å². The van der Waals surface area contributed by atoms with Crippen molar-refractivity contribution in [1.82, 2.24) is 9.88 Å². The van der Waals surface area contributed by atoms with Crippen LogP contribution in [0.5, 0.6) is 5.75 Å². The number of hydrogen-bond acceptors (Lipinski definition) is 19. The van der Waals surface area contributed by atoms with Crippen molar-refractivity contribution >= 4 is 99.9 Å². The van der Waals surface area contributed by atoms with E-state index in [-0.39, 0.29) is 43.4 Å². The van der Waals surface area contributed by atoms with Crippen LogP contribution in [0.1, 0.15) is 115 Å². The van der Waals surface area contributed by atoms with Crippen LogP contribution in [0.25, 0.3) is 23.1 Å². The Labute approximate surface area is 616 Å². The number of methoxy groups -OCH3 is 1. The zero-order valence-electron chi connectivity index (χ0n) is 60.4. The summed E-state index contributed by atoms with van der Waals surface area (Å²) in [6, 6.07) is 10.8. The van der Waals surface area contributed by atoms with Crippen LogP contribution in [0, 0.1) is 17.8 Å². The molecule has 5 aromatic rings. The number of benzene rings is 4. The molecular weight excluding hydrogens is 1390 g/mol. The van der Waals surface area contributed by atoms with Gasteiger partial charge in [-0.15, -0.1) is 0 Å². The Morgan fingerprint density at radius 1 is 0.654 bits per heavy atom. The number of hydrogen-bond donors (Lipinski definition) is 16. The number of aliphatic imine (C=N–C) groups is 10. The van der Waals surface area contributed by atoms with Crippen molar-refractivity contribution < 1.29 is 100 Å². The second-order valence-corrected chi connectivity index (χ2v) is 26.3. The number of amides is 1. The number of aromatic nitrogens is 1. The minimum absolute atomic E-state index is 0.0388. The van der Waals surface area contributed by atoms with Gasteiger partial charge in [-0.25, -0.2) is 54.7 Å². The number of nitrogens with one attached hydrogen (secondary N) is 1. The Hall–Kier alpha value is -11.4. The quantitative estimate of drug-likeness (QED) is 0.0235. The van der Waals surface area contributed by atoms with E-state index < -0.39 is 186 Å². The number of allylic oxidation sites excluding steroid dienone is 1. The van der Waals surface area contributed by atoms with E-state index in [2.05, 4.69) is 54.9 Å². The molecule has 0 aliphatic carbocycles. The minimum Gasteiger partial charge on any atom is -0.497 e. The molecule has 7 rings (SSSR count). The van der Waals surface area contributed by atoms with Crippen LogP contribution in [-0.4, -0.2) is 256 Å². The molecule has 2 aliphatic heterocycles. The fourth-order valence-corrected chi connectivity index (χ4v) is 11.6. The molecule has 574 valence electrons. The van der Waals surface area contributed by atoms with Gasteiger partial charge >= 0.3 is 11.9 Å². The number of fused-ring (bicyclic) bond motifs is 2. The summed E-state index contributed by atoms with van der Waals surface area (Å²) in [6.07, 6.45) is -2.42. The summed E-state index contributed by atoms with van der Waals surface area (Å²) in [6.45, 7) is 10.4. The lowest BCUT2D eigenvalue weighted by atomic mass is 9.99. The third-order valence-electron chi connectivity index (χ3n) is 17.6. The third-order valence-corrected chi connectivity index (χ3v) is 17.6. The minimum atomic E-state index is -2.50. The van der Waals surface area contributed by atoms with Gasteiger partial charge in [-0.05, 0) is 111 Å². The highest BCUT2D eigenvalue weighted by Crippen LogP contribution is 2.31. The summed E-state index contributed by atoms with van der Waals surface area (Å²) in [5, 5.41) is 176. The van der Waals surface area contributed by atoms with Gasteiger partial charge in [0, 0.05) is 36.1 Å². The van der Waals surface area contributed by atoms with E-state index in [0.717, 1.165) is 30.4 Å². The fourth-order valence-electron chi connectivity index (χ4n) is 11.6. The molecule has 1 amide bonds. The molecule has 1 fully saturated rings. The van der Waals surface area contributed by atoms with Crippen molar-refractivity contribution in [3.63, 3.8) is 0 Å². The molecule has 1 saturated heterocycles. The number of H-pyrrole nitrogens is 1. The molecule has 2 aliphatic rings. The monoisotopic (exact) mass is 1480 g/mol. The smallest absolute Gasteiger partial charge is 0.334 e. The zero-order chi connectivity index (χ0) is 78.5. The molecule has 15 atom stereocenters. The van der Waals surface area contributed by atoms with Gasteiger partial charge in [0.1, 0.15) is 60.8 Å². The second-order valence-electron chi connectivity index (χ2n) is 26.3. The largest absolute Gasteiger partial charge is 0.497 e. The van der Waals surface area contributed by atoms with Gasteiger partial charge in [0.15, 0.2) is 24.2 Å². The molecule has 32 nitrogen and oxygen atoms in total. The highest BCUT2D eigenvalue weighted by molar-refractivity contribution is 5.98. The first-order valence-corrected chi connectivity index (χ1v) is 34.5. The lowest BCUT2D eigenvalue weighted by Crippen LogP contribution is -2.47. The molecule has 1 aromatic heterocycles. The van der Waals surface area contributed by atoms with E-state index in [0.29, 0.717) is 27.8 Å². The number of ether oxygens (including phenoxy) is 2. The van der Waals surface area contributed by atoms with Gasteiger partial charge in [-0.3, -0.25) is 9.59 Å². The summed E-state index contributed by atoms with van der Waals surface area (Å²) in [4.78, 5) is 87.8. The maximum Gasteiger partial charge on any atom is 0.334 e. The van der Waals surface area contributed by atoms with Gasteiger partial charge in [-0.1, -0.05) is 125 Å². The molecule has 0 spiro atoms. The van der Waals surface area contributed by atoms with E-state index in [1.54, 1.807) is 106 Å². The van der Waals surface area contributed by atoms with Crippen molar-refractivity contribution in [2.75, 3.05) is 20.2 Å². The Morgan fingerprint density at radius 2 is 1.25 bits per heavy atom. The maximum atomic E-state index is 15.1. The van der Waals surface area contributed by atoms with Crippen LogP contribution >= 0.6 is 0 Å². The highest BCUT2D eigenvalue weighted by atomic mass is 16.5. The summed E-state index contributed by atoms with van der Waals surface area (Å²) in [5.41, 5.74) is 2.57. The molecule has 15 unspecified atom stereocenters. The van der Waals surface area contributed by atoms with Crippen LogP contribution in [0.4, 0.5) is 0 Å². The first-order chi connectivity index (χ1) is 50.8. The fraction of sp³-hybridized carbons (Fsp3) is 0.427. The lowest BCUT2D eigenvalue weighted by molar-refractivity contribution is -0.153. The number of nitrogens with zero attached hydrogens (tertiary/aromatic N) is 11. The number of aromatic amines is 1. The third kappa shape index (κ3) is 22.4. The van der Waals surface area contributed by atoms with Crippen molar-refractivity contribution in [2.45, 2.75) is 166 Å². The molecule has 4 aromatic carbocycles. The van der Waals surface area contributed by atoms with Gasteiger partial charge in [-0.2, -0.15) is 0 Å². The summed E-state index contributed by atoms with van der Waals surface area (Å²) >= 11 is 0. The van der Waals surface area contributed by atoms with Crippen LogP contribution < -0.4 is 4.74 Å². The van der Waals surface area contributed by atoms with E-state index >= 15 is 4.79 Å². The number of cyclic esters (lactones) is 1. The molecule has 16 N–H and O–H groups in total. The zero-order valence-corrected chi connectivity index (χ0v) is 60.4. The summed E-state index contributed by atoms with van der Waals surface area (Å²) < 4.78 is 11.1. The number of carboxylic acids is 1. The topological polar surface area (TPSA) is 516 Å². The standard InChI is InChI=1S/C75H94N12O20/c1-10-19-43-20-14-15-21-44(43)29-32-54(88)81-57-42(8)107-75(105)60(61(90)39(4)5)85-65(94)51(34-38(2)3)80-71(100)72(101)86-66(95)52(35-47-36-76-50-25-17-16-24-49(47)50)79-70(99)58(62(91)46-27-30-48(106-9)31-28-46)84-67(96)53-26-18-33-87(53)73(102)59(63(92)45-22-12-11-13-23-45)82-55(89)37-77-68(97)56(40(6)74(103)104)83-64(93)41(7)78-69(57)98/h10-17,19-25,27-32,36,38-42,51-53,56-63,72,76,90-92,101H,18,26,33-35,37H2,1-9H3,(H,77,97)(H,78,98)(H,79,99)(H,80,100)(H,81,88)(H,82,89)(H,83,93)(H,84,96)(H,85,94)(H,86,95)(H,103,104). The van der Waals surface area contributed by atoms with Crippen LogP contribution in [0.15, 0.2) is 171 Å². The molecule has 0 bridgehead atoms. The Morgan fingerprint density at radius 3 is 1.90 bits per heavy atom. The van der Waals surface area contributed by atoms with E-state index in [9.17, 15) is 86.2 Å². The van der Waals surface area contributed by atoms with Crippen molar-refractivity contribution in [2.24, 2.45) is 67.7 Å². The normalized spacial score (nSPS) is 25.0. The number of carbonyl (C=O) groups excluding carboxylic acids is 2. The lowest BCUT2D eigenvalue weighted by Gasteiger charge is -2.29. The maximum absolute atomic E-state index is 15.1. The SMILES string of the molecule is CC=Cc1ccccc1C=CC(O)=NC1C(O)=NC(C)C(O)=NC(C(C)C(=O)O)C(O)=NCC(O)=NC(C(O)c2ccccc2)C(=O)N2CCCC2C(O)=NC(C(O)c2ccc(OC)cc2)C(O)=NC(Cc2c[nH]c3ccccc23)C(O)=NC(O)C(O)=NC(CC(C)C)C(O)=NC(C(O)C(C)C)C(=O)OC1C. The second kappa shape index (κ2) is 38.6. The molecule has 0 radical (unpaired) electrons. The number of aliphatic hydroxyl groups excluding tert-OH is 14. The Bertz CT molecular complexity index is 4260. The van der Waals surface area contributed by atoms with Gasteiger partial charge in [0.05, 0.1) is 19.1 Å². The van der Waals surface area contributed by atoms with Crippen LogP contribution in [0.2, 0.25) is 0 Å². The average molecular weight is 1480 g/mol. The molecule has 107 heavy (non-hydrogen) atoms. The van der Waals surface area contributed by atoms with Gasteiger partial charge in [0.2, 0.25) is 65.2 Å². The van der Waals surface area contributed by atoms with E-state index in [1.807, 2.05) is 0 Å². The summed E-state index contributed by atoms with van der Waals surface area (Å²) in [7, 11) is 1.40.